The summed E-state index contributed by atoms with van der Waals surface area (Å²) in [4.78, 5) is 23.7. The van der Waals surface area contributed by atoms with E-state index in [2.05, 4.69) is 13.8 Å². The van der Waals surface area contributed by atoms with Crippen molar-refractivity contribution in [1.29, 1.82) is 0 Å². The van der Waals surface area contributed by atoms with Gasteiger partial charge in [0.25, 0.3) is 0 Å². The molecule has 1 aromatic carbocycles. The Hall–Kier alpha value is -1.52. The summed E-state index contributed by atoms with van der Waals surface area (Å²) in [6.45, 7) is 4.29. The molecular formula is C16H22O4. The molecule has 0 aromatic heterocycles. The number of benzene rings is 1. The Labute approximate surface area is 120 Å². The highest BCUT2D eigenvalue weighted by atomic mass is 16.7. The largest absolute Gasteiger partial charge is 0.349 e. The number of carbonyl (C=O) groups is 2. The third kappa shape index (κ3) is 4.87. The molecule has 0 aliphatic heterocycles. The Kier molecular flexibility index (Phi) is 6.55. The van der Waals surface area contributed by atoms with Crippen LogP contribution in [0.5, 0.6) is 0 Å². The first-order valence-corrected chi connectivity index (χ1v) is 6.68. The lowest BCUT2D eigenvalue weighted by molar-refractivity contribution is -0.155. The van der Waals surface area contributed by atoms with Crippen molar-refractivity contribution in [3.8, 4) is 0 Å². The number of carbonyl (C=O) groups excluding carboxylic acids is 2. The molecule has 4 heteroatoms. The van der Waals surface area contributed by atoms with E-state index in [-0.39, 0.29) is 18.0 Å². The fourth-order valence-corrected chi connectivity index (χ4v) is 2.00. The Balaban J connectivity index is 2.66. The molecule has 1 rings (SSSR count). The maximum Gasteiger partial charge on any atom is 0.217 e. The van der Waals surface area contributed by atoms with Gasteiger partial charge in [0.1, 0.15) is 0 Å². The molecule has 20 heavy (non-hydrogen) atoms. The van der Waals surface area contributed by atoms with E-state index in [1.807, 2.05) is 12.1 Å². The number of ether oxygens (including phenoxy) is 2. The Morgan fingerprint density at radius 1 is 1.05 bits per heavy atom. The molecule has 0 bridgehead atoms. The highest BCUT2D eigenvalue weighted by Gasteiger charge is 2.20. The molecule has 4 nitrogen and oxygen atoms in total. The van der Waals surface area contributed by atoms with E-state index in [1.165, 1.54) is 19.8 Å². The number of hydrogen-bond donors (Lipinski definition) is 0. The highest BCUT2D eigenvalue weighted by molar-refractivity contribution is 6.08. The lowest BCUT2D eigenvalue weighted by Gasteiger charge is -2.11. The zero-order valence-corrected chi connectivity index (χ0v) is 12.5. The Morgan fingerprint density at radius 3 is 2.05 bits per heavy atom. The van der Waals surface area contributed by atoms with E-state index in [4.69, 9.17) is 9.47 Å². The Bertz CT molecular complexity index is 444. The summed E-state index contributed by atoms with van der Waals surface area (Å²) in [5.74, 6) is -0.0150. The molecule has 0 spiro atoms. The van der Waals surface area contributed by atoms with Gasteiger partial charge in [-0.3, -0.25) is 9.59 Å². The van der Waals surface area contributed by atoms with Gasteiger partial charge in [-0.1, -0.05) is 38.1 Å². The Morgan fingerprint density at radius 2 is 1.60 bits per heavy atom. The van der Waals surface area contributed by atoms with Crippen LogP contribution in [0.4, 0.5) is 0 Å². The lowest BCUT2D eigenvalue weighted by Crippen LogP contribution is -2.27. The van der Waals surface area contributed by atoms with Crippen LogP contribution in [0.1, 0.15) is 36.2 Å². The maximum atomic E-state index is 12.0. The third-order valence-electron chi connectivity index (χ3n) is 2.95. The van der Waals surface area contributed by atoms with Crippen molar-refractivity contribution in [2.75, 3.05) is 14.2 Å². The van der Waals surface area contributed by atoms with Gasteiger partial charge in [0.2, 0.25) is 6.29 Å². The van der Waals surface area contributed by atoms with Gasteiger partial charge in [0, 0.05) is 19.8 Å². The van der Waals surface area contributed by atoms with Crippen molar-refractivity contribution in [2.24, 2.45) is 5.92 Å². The first kappa shape index (κ1) is 16.5. The van der Waals surface area contributed by atoms with Crippen LogP contribution in [-0.2, 0) is 20.7 Å². The molecule has 0 atom stereocenters. The van der Waals surface area contributed by atoms with Crippen LogP contribution >= 0.6 is 0 Å². The van der Waals surface area contributed by atoms with Crippen molar-refractivity contribution in [1.82, 2.24) is 0 Å². The molecule has 0 N–H and O–H groups in total. The molecule has 0 heterocycles. The summed E-state index contributed by atoms with van der Waals surface area (Å²) in [7, 11) is 2.74. The van der Waals surface area contributed by atoms with Gasteiger partial charge in [0.15, 0.2) is 11.6 Å². The molecular weight excluding hydrogens is 256 g/mol. The normalized spacial score (nSPS) is 11.1. The smallest absolute Gasteiger partial charge is 0.217 e. The van der Waals surface area contributed by atoms with E-state index in [9.17, 15) is 9.59 Å². The fourth-order valence-electron chi connectivity index (χ4n) is 2.00. The van der Waals surface area contributed by atoms with E-state index >= 15 is 0 Å². The molecule has 0 radical (unpaired) electrons. The number of hydrogen-bond acceptors (Lipinski definition) is 4. The highest BCUT2D eigenvalue weighted by Crippen LogP contribution is 2.12. The molecule has 0 unspecified atom stereocenters. The predicted molar refractivity (Wildman–Crippen MR) is 76.7 cm³/mol. The fraction of sp³-hybridized carbons (Fsp3) is 0.500. The minimum absolute atomic E-state index is 0.212. The van der Waals surface area contributed by atoms with Crippen molar-refractivity contribution < 1.29 is 19.1 Å². The average molecular weight is 278 g/mol. The van der Waals surface area contributed by atoms with Crippen LogP contribution in [0.3, 0.4) is 0 Å². The van der Waals surface area contributed by atoms with Gasteiger partial charge >= 0.3 is 0 Å². The van der Waals surface area contributed by atoms with Crippen molar-refractivity contribution in [3.63, 3.8) is 0 Å². The number of Topliss-reactive ketones (excluding diaryl/α,β-unsaturated/α-hetero) is 2. The third-order valence-corrected chi connectivity index (χ3v) is 2.95. The van der Waals surface area contributed by atoms with Gasteiger partial charge in [-0.05, 0) is 17.9 Å². The number of rotatable bonds is 8. The van der Waals surface area contributed by atoms with Gasteiger partial charge in [-0.25, -0.2) is 0 Å². The van der Waals surface area contributed by atoms with Crippen LogP contribution in [0, 0.1) is 5.92 Å². The first-order valence-electron chi connectivity index (χ1n) is 6.68. The number of ketones is 2. The summed E-state index contributed by atoms with van der Waals surface area (Å²) in [6.07, 6.45) is -0.210. The molecule has 1 aromatic rings. The number of methoxy groups -OCH3 is 2. The topological polar surface area (TPSA) is 52.6 Å². The molecule has 0 saturated carbocycles. The molecule has 0 saturated heterocycles. The SMILES string of the molecule is COC(OC)C(=O)CC(=O)c1ccc(CC(C)C)cc1. The summed E-state index contributed by atoms with van der Waals surface area (Å²) < 4.78 is 9.67. The first-order chi connectivity index (χ1) is 9.47. The van der Waals surface area contributed by atoms with Crippen LogP contribution in [0.2, 0.25) is 0 Å². The minimum atomic E-state index is -0.973. The summed E-state index contributed by atoms with van der Waals surface area (Å²) >= 11 is 0. The summed E-state index contributed by atoms with van der Waals surface area (Å²) in [5.41, 5.74) is 1.73. The van der Waals surface area contributed by atoms with Crippen LogP contribution < -0.4 is 0 Å². The molecule has 0 aliphatic carbocycles. The minimum Gasteiger partial charge on any atom is -0.349 e. The second kappa shape index (κ2) is 7.92. The molecule has 110 valence electrons. The van der Waals surface area contributed by atoms with E-state index < -0.39 is 6.29 Å². The van der Waals surface area contributed by atoms with E-state index in [0.29, 0.717) is 11.5 Å². The van der Waals surface area contributed by atoms with Gasteiger partial charge in [0.05, 0.1) is 6.42 Å². The molecule has 0 amide bonds. The van der Waals surface area contributed by atoms with Gasteiger partial charge in [-0.2, -0.15) is 0 Å². The van der Waals surface area contributed by atoms with E-state index in [1.54, 1.807) is 12.1 Å². The van der Waals surface area contributed by atoms with Crippen LogP contribution in [0.15, 0.2) is 24.3 Å². The summed E-state index contributed by atoms with van der Waals surface area (Å²) in [6, 6.07) is 7.40. The molecule has 0 fully saturated rings. The van der Waals surface area contributed by atoms with Crippen molar-refractivity contribution in [3.05, 3.63) is 35.4 Å². The second-order valence-corrected chi connectivity index (χ2v) is 5.16. The van der Waals surface area contributed by atoms with Gasteiger partial charge in [-0.15, -0.1) is 0 Å². The zero-order valence-electron chi connectivity index (χ0n) is 12.5. The van der Waals surface area contributed by atoms with Crippen molar-refractivity contribution in [2.45, 2.75) is 33.0 Å². The zero-order chi connectivity index (χ0) is 15.1. The quantitative estimate of drug-likeness (QED) is 0.417. The van der Waals surface area contributed by atoms with Crippen LogP contribution in [0.25, 0.3) is 0 Å². The van der Waals surface area contributed by atoms with Gasteiger partial charge < -0.3 is 9.47 Å². The second-order valence-electron chi connectivity index (χ2n) is 5.16. The monoisotopic (exact) mass is 278 g/mol. The average Bonchev–Trinajstić information content (AvgIpc) is 2.40. The van der Waals surface area contributed by atoms with E-state index in [0.717, 1.165) is 6.42 Å². The van der Waals surface area contributed by atoms with Crippen LogP contribution in [-0.4, -0.2) is 32.1 Å². The summed E-state index contributed by atoms with van der Waals surface area (Å²) in [5, 5.41) is 0. The van der Waals surface area contributed by atoms with Crippen molar-refractivity contribution >= 4 is 11.6 Å². The predicted octanol–water partition coefficient (Wildman–Crippen LogP) is 2.65. The standard InChI is InChI=1S/C16H22O4/c1-11(2)9-12-5-7-13(8-6-12)14(17)10-15(18)16(19-3)20-4/h5-8,11,16H,9-10H2,1-4H3. The lowest BCUT2D eigenvalue weighted by atomic mass is 9.99. The maximum absolute atomic E-state index is 12.0. The molecule has 0 aliphatic rings.